The molecule has 7 nitrogen and oxygen atoms in total. The number of hydrogen-bond donors (Lipinski definition) is 1. The maximum atomic E-state index is 11.3. The quantitative estimate of drug-likeness (QED) is 0.907. The van der Waals surface area contributed by atoms with E-state index in [1.165, 1.54) is 12.6 Å². The topological polar surface area (TPSA) is 95.9 Å². The zero-order chi connectivity index (χ0) is 14.7. The number of primary amides is 1. The largest absolute Gasteiger partial charge is 0.485 e. The van der Waals surface area contributed by atoms with Crippen LogP contribution in [0.15, 0.2) is 18.5 Å². The summed E-state index contributed by atoms with van der Waals surface area (Å²) in [6.45, 7) is 1.18. The lowest BCUT2D eigenvalue weighted by molar-refractivity contribution is 0.0995. The van der Waals surface area contributed by atoms with Crippen molar-refractivity contribution in [3.8, 4) is 5.75 Å². The number of aryl methyl sites for hydroxylation is 1. The van der Waals surface area contributed by atoms with Gasteiger partial charge in [-0.2, -0.15) is 0 Å². The summed E-state index contributed by atoms with van der Waals surface area (Å²) in [5, 5.41) is 8.40. The number of nitrogens with two attached hydrogens (primary N) is 1. The van der Waals surface area contributed by atoms with E-state index in [1.54, 1.807) is 12.3 Å². The predicted octanol–water partition coefficient (Wildman–Crippen LogP) is 1.08. The smallest absolute Gasteiger partial charge is 0.254 e. The van der Waals surface area contributed by atoms with Crippen LogP contribution in [0.4, 0.5) is 0 Å². The number of carbonyl (C=O) groups is 1. The first-order valence-electron chi connectivity index (χ1n) is 7.03. The maximum Gasteiger partial charge on any atom is 0.254 e. The Bertz CT molecular complexity index is 653. The van der Waals surface area contributed by atoms with Crippen molar-refractivity contribution in [3.63, 3.8) is 0 Å². The molecule has 1 amide bonds. The number of aromatic nitrogens is 4. The minimum atomic E-state index is -0.557. The SMILES string of the molecule is NC(=O)c1cnccc1OCc1nnc2n1CCCCC2. The standard InChI is InChI=1S/C14H17N5O2/c15-14(20)10-8-16-6-5-11(10)21-9-13-18-17-12-4-2-1-3-7-19(12)13/h5-6,8H,1-4,7,9H2,(H2,15,20). The Kier molecular flexibility index (Phi) is 3.81. The van der Waals surface area contributed by atoms with Crippen LogP contribution < -0.4 is 10.5 Å². The number of amides is 1. The van der Waals surface area contributed by atoms with Crippen LogP contribution in [0.25, 0.3) is 0 Å². The minimum absolute atomic E-state index is 0.261. The first-order valence-corrected chi connectivity index (χ1v) is 7.03. The second-order valence-corrected chi connectivity index (χ2v) is 5.02. The van der Waals surface area contributed by atoms with E-state index in [0.29, 0.717) is 5.75 Å². The van der Waals surface area contributed by atoms with Crippen LogP contribution in [0.1, 0.15) is 41.3 Å². The molecule has 0 fully saturated rings. The Morgan fingerprint density at radius 1 is 1.33 bits per heavy atom. The molecule has 0 radical (unpaired) electrons. The van der Waals surface area contributed by atoms with Gasteiger partial charge in [-0.1, -0.05) is 6.42 Å². The number of rotatable bonds is 4. The molecule has 0 saturated carbocycles. The van der Waals surface area contributed by atoms with Crippen molar-refractivity contribution >= 4 is 5.91 Å². The van der Waals surface area contributed by atoms with Gasteiger partial charge in [-0.05, 0) is 18.9 Å². The summed E-state index contributed by atoms with van der Waals surface area (Å²) in [4.78, 5) is 15.2. The highest BCUT2D eigenvalue weighted by atomic mass is 16.5. The summed E-state index contributed by atoms with van der Waals surface area (Å²) >= 11 is 0. The lowest BCUT2D eigenvalue weighted by Crippen LogP contribution is -2.14. The summed E-state index contributed by atoms with van der Waals surface area (Å²) in [6, 6.07) is 1.62. The van der Waals surface area contributed by atoms with Gasteiger partial charge in [-0.3, -0.25) is 9.78 Å². The van der Waals surface area contributed by atoms with Crippen molar-refractivity contribution in [2.45, 2.75) is 38.8 Å². The average Bonchev–Trinajstić information content (AvgIpc) is 2.72. The van der Waals surface area contributed by atoms with Gasteiger partial charge in [-0.25, -0.2) is 0 Å². The van der Waals surface area contributed by atoms with E-state index in [2.05, 4.69) is 19.7 Å². The fraction of sp³-hybridized carbons (Fsp3) is 0.429. The zero-order valence-corrected chi connectivity index (χ0v) is 11.7. The van der Waals surface area contributed by atoms with E-state index in [-0.39, 0.29) is 12.2 Å². The van der Waals surface area contributed by atoms with Crippen molar-refractivity contribution in [2.24, 2.45) is 5.73 Å². The van der Waals surface area contributed by atoms with E-state index in [0.717, 1.165) is 37.5 Å². The van der Waals surface area contributed by atoms with Crippen LogP contribution in [0.2, 0.25) is 0 Å². The average molecular weight is 287 g/mol. The summed E-state index contributed by atoms with van der Waals surface area (Å²) in [7, 11) is 0. The second-order valence-electron chi connectivity index (χ2n) is 5.02. The molecule has 0 aromatic carbocycles. The molecule has 0 saturated heterocycles. The van der Waals surface area contributed by atoms with Gasteiger partial charge in [0.15, 0.2) is 5.82 Å². The summed E-state index contributed by atoms with van der Waals surface area (Å²) in [5.74, 6) is 1.65. The van der Waals surface area contributed by atoms with Gasteiger partial charge in [0.2, 0.25) is 0 Å². The predicted molar refractivity (Wildman–Crippen MR) is 74.7 cm³/mol. The molecule has 0 aliphatic carbocycles. The van der Waals surface area contributed by atoms with Crippen LogP contribution in [-0.2, 0) is 19.6 Å². The molecule has 1 aliphatic heterocycles. The molecule has 2 N–H and O–H groups in total. The lowest BCUT2D eigenvalue weighted by Gasteiger charge is -2.10. The highest BCUT2D eigenvalue weighted by molar-refractivity contribution is 5.95. The Hall–Kier alpha value is -2.44. The van der Waals surface area contributed by atoms with Crippen LogP contribution in [-0.4, -0.2) is 25.7 Å². The summed E-state index contributed by atoms with van der Waals surface area (Å²) < 4.78 is 7.79. The van der Waals surface area contributed by atoms with Gasteiger partial charge in [0.25, 0.3) is 5.91 Å². The normalized spacial score (nSPS) is 14.3. The number of carbonyl (C=O) groups excluding carboxylic acids is 1. The molecule has 2 aromatic heterocycles. The third-order valence-corrected chi connectivity index (χ3v) is 3.59. The Balaban J connectivity index is 1.77. The zero-order valence-electron chi connectivity index (χ0n) is 11.7. The number of nitrogens with zero attached hydrogens (tertiary/aromatic N) is 4. The molecule has 3 heterocycles. The van der Waals surface area contributed by atoms with Gasteiger partial charge in [0.05, 0.1) is 5.56 Å². The first kappa shape index (κ1) is 13.5. The number of pyridine rings is 1. The van der Waals surface area contributed by atoms with Crippen LogP contribution >= 0.6 is 0 Å². The van der Waals surface area contributed by atoms with Crippen LogP contribution in [0.3, 0.4) is 0 Å². The van der Waals surface area contributed by atoms with Gasteiger partial charge < -0.3 is 15.0 Å². The van der Waals surface area contributed by atoms with Gasteiger partial charge >= 0.3 is 0 Å². The Morgan fingerprint density at radius 3 is 3.10 bits per heavy atom. The lowest BCUT2D eigenvalue weighted by atomic mass is 10.2. The third kappa shape index (κ3) is 2.86. The number of fused-ring (bicyclic) bond motifs is 1. The van der Waals surface area contributed by atoms with Crippen molar-refractivity contribution in [2.75, 3.05) is 0 Å². The van der Waals surface area contributed by atoms with Gasteiger partial charge in [0.1, 0.15) is 18.2 Å². The first-order chi connectivity index (χ1) is 10.3. The van der Waals surface area contributed by atoms with E-state index >= 15 is 0 Å². The van der Waals surface area contributed by atoms with Crippen molar-refractivity contribution in [3.05, 3.63) is 35.7 Å². The highest BCUT2D eigenvalue weighted by Crippen LogP contribution is 2.19. The second kappa shape index (κ2) is 5.90. The van der Waals surface area contributed by atoms with E-state index in [4.69, 9.17) is 10.5 Å². The molecule has 0 spiro atoms. The molecule has 110 valence electrons. The summed E-state index contributed by atoms with van der Waals surface area (Å²) in [6.07, 6.45) is 7.40. The molecule has 2 aromatic rings. The van der Waals surface area contributed by atoms with Crippen LogP contribution in [0, 0.1) is 0 Å². The third-order valence-electron chi connectivity index (χ3n) is 3.59. The molecule has 1 aliphatic rings. The highest BCUT2D eigenvalue weighted by Gasteiger charge is 2.16. The molecular formula is C14H17N5O2. The monoisotopic (exact) mass is 287 g/mol. The van der Waals surface area contributed by atoms with Crippen molar-refractivity contribution < 1.29 is 9.53 Å². The molecule has 21 heavy (non-hydrogen) atoms. The van der Waals surface area contributed by atoms with E-state index in [1.807, 2.05) is 0 Å². The molecule has 0 atom stereocenters. The minimum Gasteiger partial charge on any atom is -0.485 e. The fourth-order valence-corrected chi connectivity index (χ4v) is 2.49. The van der Waals surface area contributed by atoms with Gasteiger partial charge in [0, 0.05) is 25.4 Å². The maximum absolute atomic E-state index is 11.3. The fourth-order valence-electron chi connectivity index (χ4n) is 2.49. The van der Waals surface area contributed by atoms with Crippen molar-refractivity contribution in [1.29, 1.82) is 0 Å². The molecule has 3 rings (SSSR count). The van der Waals surface area contributed by atoms with Crippen LogP contribution in [0.5, 0.6) is 5.75 Å². The molecule has 0 unspecified atom stereocenters. The Labute approximate surface area is 122 Å². The molecule has 0 bridgehead atoms. The number of ether oxygens (including phenoxy) is 1. The molecular weight excluding hydrogens is 270 g/mol. The number of hydrogen-bond acceptors (Lipinski definition) is 5. The van der Waals surface area contributed by atoms with Crippen molar-refractivity contribution in [1.82, 2.24) is 19.7 Å². The Morgan fingerprint density at radius 2 is 2.24 bits per heavy atom. The van der Waals surface area contributed by atoms with E-state index in [9.17, 15) is 4.79 Å². The van der Waals surface area contributed by atoms with E-state index < -0.39 is 5.91 Å². The van der Waals surface area contributed by atoms with Gasteiger partial charge in [-0.15, -0.1) is 10.2 Å². The summed E-state index contributed by atoms with van der Waals surface area (Å²) in [5.41, 5.74) is 5.57. The molecule has 7 heteroatoms.